The van der Waals surface area contributed by atoms with Gasteiger partial charge in [0, 0.05) is 43.1 Å². The van der Waals surface area contributed by atoms with Crippen LogP contribution in [0.25, 0.3) is 218 Å². The van der Waals surface area contributed by atoms with Crippen LogP contribution in [0, 0.1) is 0 Å². The van der Waals surface area contributed by atoms with E-state index in [4.69, 9.17) is 54.9 Å². The van der Waals surface area contributed by atoms with Gasteiger partial charge < -0.3 is 54.9 Å². The first kappa shape index (κ1) is 90.9. The monoisotopic (exact) mass is 1880 g/mol. The van der Waals surface area contributed by atoms with Crippen molar-refractivity contribution in [1.82, 2.24) is 0 Å². The molecule has 0 N–H and O–H groups in total. The van der Waals surface area contributed by atoms with Crippen LogP contribution < -0.4 is 21.9 Å². The Balaban J connectivity index is 0.000000101. The smallest absolute Gasteiger partial charge is 0.456 e. The average molecular weight is 1880 g/mol. The standard InChI is InChI=1S/4C32H27BO3/c1-31(2)32(3,4)36-33(35-31)28-14-8-12-24-23(11-7-13-25(24)28)22-15-16-29-26(18-22)27-17-20-9-5-6-10-21(20)19-30(27)34-29;1-31(2)32(3,4)36-33(35-31)27-15-13-20-9-7-8-12-24(20)30(27)23-14-16-28-25(18-23)26-17-21-10-5-6-11-22(21)19-29(26)34-28;1-31(2)32(3,4)36-33(35-31)28-15-14-23(24-11-7-8-12-25(24)28)22-13-16-29-26(18-22)27-17-20-9-5-6-10-21(20)19-30(27)34-29;1-31(2)32(3,4)36-33(35-31)26-13-11-23-15-22(9-10-24(23)16-26)25-12-14-27-28-17-20-7-5-6-8-21(20)18-30(28)34-29(27)19-25/h4*5-19H,1-4H3. The van der Waals surface area contributed by atoms with E-state index in [0.717, 1.165) is 148 Å². The summed E-state index contributed by atoms with van der Waals surface area (Å²) < 4.78 is 76.1. The van der Waals surface area contributed by atoms with Gasteiger partial charge in [-0.25, -0.2) is 0 Å². The summed E-state index contributed by atoms with van der Waals surface area (Å²) in [6.07, 6.45) is 0. The van der Waals surface area contributed by atoms with Crippen LogP contribution in [-0.4, -0.2) is 73.3 Å². The van der Waals surface area contributed by atoms with Gasteiger partial charge in [0.15, 0.2) is 0 Å². The first-order valence-corrected chi connectivity index (χ1v) is 50.1. The minimum absolute atomic E-state index is 0.349. The molecule has 0 radical (unpaired) electrons. The number of rotatable bonds is 8. The summed E-state index contributed by atoms with van der Waals surface area (Å²) in [5.41, 5.74) is 17.7. The van der Waals surface area contributed by atoms with E-state index in [0.29, 0.717) is 0 Å². The van der Waals surface area contributed by atoms with Crippen LogP contribution >= 0.6 is 0 Å². The van der Waals surface area contributed by atoms with Gasteiger partial charge in [0.2, 0.25) is 0 Å². The molecule has 0 amide bonds. The first-order valence-electron chi connectivity index (χ1n) is 50.1. The molecule has 4 aliphatic rings. The van der Waals surface area contributed by atoms with Crippen molar-refractivity contribution in [2.75, 3.05) is 0 Å². The molecule has 28 rings (SSSR count). The number of fused-ring (bicyclic) bond motifs is 20. The molecule has 4 aliphatic heterocycles. The van der Waals surface area contributed by atoms with Crippen LogP contribution in [0.15, 0.2) is 382 Å². The molecular weight excluding hydrogens is 1770 g/mol. The number of hydrogen-bond acceptors (Lipinski definition) is 12. The van der Waals surface area contributed by atoms with Gasteiger partial charge in [0.25, 0.3) is 0 Å². The Labute approximate surface area is 837 Å². The van der Waals surface area contributed by atoms with Gasteiger partial charge in [-0.05, 0) is 366 Å². The van der Waals surface area contributed by atoms with Gasteiger partial charge in [0.1, 0.15) is 44.7 Å². The van der Waals surface area contributed by atoms with E-state index in [-0.39, 0.29) is 40.7 Å². The molecule has 4 fully saturated rings. The number of benzene rings is 20. The highest BCUT2D eigenvalue weighted by molar-refractivity contribution is 6.66. The Kier molecular flexibility index (Phi) is 21.2. The second kappa shape index (κ2) is 33.6. The van der Waals surface area contributed by atoms with Gasteiger partial charge >= 0.3 is 28.5 Å². The zero-order valence-corrected chi connectivity index (χ0v) is 83.8. The van der Waals surface area contributed by atoms with Crippen molar-refractivity contribution < 1.29 is 54.9 Å². The van der Waals surface area contributed by atoms with Crippen molar-refractivity contribution in [3.63, 3.8) is 0 Å². The second-order valence-electron chi connectivity index (χ2n) is 43.5. The van der Waals surface area contributed by atoms with E-state index >= 15 is 0 Å². The number of hydrogen-bond donors (Lipinski definition) is 0. The highest BCUT2D eigenvalue weighted by atomic mass is 16.7. The van der Waals surface area contributed by atoms with Crippen molar-refractivity contribution in [1.29, 1.82) is 0 Å². The lowest BCUT2D eigenvalue weighted by Crippen LogP contribution is -2.41. The van der Waals surface area contributed by atoms with Crippen LogP contribution in [0.3, 0.4) is 0 Å². The molecule has 0 aliphatic carbocycles. The summed E-state index contributed by atoms with van der Waals surface area (Å²) in [6, 6.07) is 129. The summed E-state index contributed by atoms with van der Waals surface area (Å²) >= 11 is 0. The Morgan fingerprint density at radius 1 is 0.153 bits per heavy atom. The van der Waals surface area contributed by atoms with Crippen LogP contribution in [0.1, 0.15) is 111 Å². The van der Waals surface area contributed by atoms with E-state index in [1.165, 1.54) is 92.1 Å². The van der Waals surface area contributed by atoms with Crippen LogP contribution in [0.2, 0.25) is 0 Å². The van der Waals surface area contributed by atoms with Gasteiger partial charge in [-0.2, -0.15) is 0 Å². The van der Waals surface area contributed by atoms with E-state index in [1.54, 1.807) is 0 Å². The molecule has 4 saturated heterocycles. The molecule has 0 unspecified atom stereocenters. The second-order valence-corrected chi connectivity index (χ2v) is 43.5. The summed E-state index contributed by atoms with van der Waals surface area (Å²) in [7, 11) is -1.60. The van der Waals surface area contributed by atoms with Crippen molar-refractivity contribution in [3.05, 3.63) is 364 Å². The van der Waals surface area contributed by atoms with Gasteiger partial charge in [-0.3, -0.25) is 0 Å². The Morgan fingerprint density at radius 2 is 0.438 bits per heavy atom. The van der Waals surface area contributed by atoms with Crippen molar-refractivity contribution >= 4 is 224 Å². The lowest BCUT2D eigenvalue weighted by Gasteiger charge is -2.32. The van der Waals surface area contributed by atoms with E-state index < -0.39 is 32.6 Å². The minimum atomic E-state index is -0.449. The summed E-state index contributed by atoms with van der Waals surface area (Å²) in [5.74, 6) is 0. The topological polar surface area (TPSA) is 126 Å². The molecule has 16 heteroatoms. The molecular formula is C128H108B4O12. The third-order valence-corrected chi connectivity index (χ3v) is 32.4. The predicted octanol–water partition coefficient (Wildman–Crippen LogP) is 31.4. The fourth-order valence-electron chi connectivity index (χ4n) is 21.4. The molecule has 24 aromatic rings. The zero-order chi connectivity index (χ0) is 98.6. The highest BCUT2D eigenvalue weighted by Gasteiger charge is 2.56. The summed E-state index contributed by atoms with van der Waals surface area (Å²) in [4.78, 5) is 0. The first-order chi connectivity index (χ1) is 69.2. The summed E-state index contributed by atoms with van der Waals surface area (Å²) in [5, 5.41) is 28.1. The predicted molar refractivity (Wildman–Crippen MR) is 600 cm³/mol. The molecule has 0 saturated carbocycles. The quantitative estimate of drug-likeness (QED) is 0.134. The maximum Gasteiger partial charge on any atom is 0.495 e. The van der Waals surface area contributed by atoms with Crippen molar-refractivity contribution in [3.8, 4) is 44.5 Å². The molecule has 0 bridgehead atoms. The highest BCUT2D eigenvalue weighted by Crippen LogP contribution is 2.48. The van der Waals surface area contributed by atoms with Gasteiger partial charge in [-0.1, -0.05) is 261 Å². The summed E-state index contributed by atoms with van der Waals surface area (Å²) in [6.45, 7) is 33.5. The van der Waals surface area contributed by atoms with E-state index in [9.17, 15) is 0 Å². The zero-order valence-electron chi connectivity index (χ0n) is 83.8. The molecule has 0 spiro atoms. The molecule has 20 aromatic carbocycles. The van der Waals surface area contributed by atoms with Gasteiger partial charge in [-0.15, -0.1) is 0 Å². The maximum absolute atomic E-state index is 6.51. The lowest BCUT2D eigenvalue weighted by molar-refractivity contribution is 0.00578. The maximum atomic E-state index is 6.51. The van der Waals surface area contributed by atoms with Crippen LogP contribution in [0.5, 0.6) is 0 Å². The Morgan fingerprint density at radius 3 is 0.903 bits per heavy atom. The molecule has 144 heavy (non-hydrogen) atoms. The van der Waals surface area contributed by atoms with E-state index in [1.807, 2.05) is 0 Å². The molecule has 704 valence electrons. The third kappa shape index (κ3) is 15.5. The van der Waals surface area contributed by atoms with Crippen molar-refractivity contribution in [2.24, 2.45) is 0 Å². The largest absolute Gasteiger partial charge is 0.495 e. The van der Waals surface area contributed by atoms with Gasteiger partial charge in [0.05, 0.1) is 44.8 Å². The average Bonchev–Trinajstić information content (AvgIpc) is 1.56. The SMILES string of the molecule is CC1(C)OB(c2ccc(-c3ccc4oc5cc6ccccc6cc5c4c3)c3ccccc23)OC1(C)C.CC1(C)OB(c2ccc3cc(-c4ccc5c(c4)oc4cc6ccccc6cc45)ccc3c2)OC1(C)C.CC1(C)OB(c2ccc3ccccc3c2-c2ccc3oc4cc5ccccc5cc4c3c2)OC1(C)C.CC1(C)OB(c2cccc3c(-c4ccc5oc6cc7ccccc7cc6c5c4)cccc23)OC1(C)C. The van der Waals surface area contributed by atoms with Crippen LogP contribution in [-0.2, 0) is 37.2 Å². The minimum Gasteiger partial charge on any atom is -0.456 e. The molecule has 0 atom stereocenters. The van der Waals surface area contributed by atoms with E-state index in [2.05, 4.69) is 475 Å². The Hall–Kier alpha value is -14.4. The molecule has 8 heterocycles. The number of furan rings is 4. The lowest BCUT2D eigenvalue weighted by atomic mass is 9.73. The molecule has 4 aromatic heterocycles. The normalized spacial score (nSPS) is 17.1. The fraction of sp³-hybridized carbons (Fsp3) is 0.188. The van der Waals surface area contributed by atoms with Crippen LogP contribution in [0.4, 0.5) is 0 Å². The van der Waals surface area contributed by atoms with Crippen molar-refractivity contribution in [2.45, 2.75) is 156 Å². The molecule has 12 nitrogen and oxygen atoms in total. The Bertz CT molecular complexity index is 9100. The fourth-order valence-corrected chi connectivity index (χ4v) is 21.4. The third-order valence-electron chi connectivity index (χ3n) is 32.4.